The van der Waals surface area contributed by atoms with E-state index in [4.69, 9.17) is 4.42 Å². The second-order valence-corrected chi connectivity index (χ2v) is 5.78. The lowest BCUT2D eigenvalue weighted by Crippen LogP contribution is -2.34. The van der Waals surface area contributed by atoms with E-state index in [-0.39, 0.29) is 0 Å². The van der Waals surface area contributed by atoms with Crippen molar-refractivity contribution in [3.05, 3.63) is 23.7 Å². The highest BCUT2D eigenvalue weighted by Crippen LogP contribution is 2.15. The number of aryl methyl sites for hydroxylation is 1. The molecule has 0 radical (unpaired) electrons. The van der Waals surface area contributed by atoms with Crippen molar-refractivity contribution in [2.24, 2.45) is 5.92 Å². The highest BCUT2D eigenvalue weighted by Gasteiger charge is 2.14. The lowest BCUT2D eigenvalue weighted by Gasteiger charge is -2.30. The Labute approximate surface area is 117 Å². The highest BCUT2D eigenvalue weighted by atomic mass is 16.3. The number of likely N-dealkylation sites (tertiary alicyclic amines) is 1. The molecule has 2 heterocycles. The van der Waals surface area contributed by atoms with Crippen LogP contribution in [0.4, 0.5) is 0 Å². The monoisotopic (exact) mass is 264 g/mol. The Morgan fingerprint density at radius 3 is 2.68 bits per heavy atom. The maximum absolute atomic E-state index is 5.67. The molecule has 1 aromatic heterocycles. The first-order valence-electron chi connectivity index (χ1n) is 7.78. The van der Waals surface area contributed by atoms with E-state index in [9.17, 15) is 0 Å². The molecule has 0 aromatic carbocycles. The van der Waals surface area contributed by atoms with E-state index in [0.717, 1.165) is 36.9 Å². The van der Waals surface area contributed by atoms with E-state index in [1.54, 1.807) is 0 Å². The van der Waals surface area contributed by atoms with Crippen molar-refractivity contribution < 1.29 is 4.42 Å². The van der Waals surface area contributed by atoms with Gasteiger partial charge in [-0.25, -0.2) is 0 Å². The van der Waals surface area contributed by atoms with Gasteiger partial charge in [-0.05, 0) is 63.5 Å². The van der Waals surface area contributed by atoms with E-state index in [0.29, 0.717) is 0 Å². The summed E-state index contributed by atoms with van der Waals surface area (Å²) in [4.78, 5) is 2.60. The summed E-state index contributed by atoms with van der Waals surface area (Å²) < 4.78 is 5.67. The summed E-state index contributed by atoms with van der Waals surface area (Å²) in [6, 6.07) is 4.16. The largest absolute Gasteiger partial charge is 0.465 e. The van der Waals surface area contributed by atoms with Gasteiger partial charge in [0.05, 0.1) is 6.54 Å². The van der Waals surface area contributed by atoms with Gasteiger partial charge >= 0.3 is 0 Å². The minimum Gasteiger partial charge on any atom is -0.465 e. The summed E-state index contributed by atoms with van der Waals surface area (Å²) in [5.41, 5.74) is 0. The molecule has 19 heavy (non-hydrogen) atoms. The van der Waals surface area contributed by atoms with E-state index < -0.39 is 0 Å². The first-order valence-corrected chi connectivity index (χ1v) is 7.78. The van der Waals surface area contributed by atoms with Crippen molar-refractivity contribution in [2.45, 2.75) is 46.1 Å². The van der Waals surface area contributed by atoms with Crippen molar-refractivity contribution in [1.29, 1.82) is 0 Å². The molecule has 1 fully saturated rings. The standard InChI is InChI=1S/C16H28N2O/c1-3-15-5-6-16(19-15)13-17-9-4-10-18-11-7-14(2)8-12-18/h5-6,14,17H,3-4,7-13H2,1-2H3. The summed E-state index contributed by atoms with van der Waals surface area (Å²) in [5.74, 6) is 3.07. The molecule has 0 bridgehead atoms. The topological polar surface area (TPSA) is 28.4 Å². The minimum atomic E-state index is 0.858. The molecule has 2 rings (SSSR count). The lowest BCUT2D eigenvalue weighted by atomic mass is 9.99. The second kappa shape index (κ2) is 7.71. The van der Waals surface area contributed by atoms with Crippen LogP contribution in [-0.4, -0.2) is 31.1 Å². The average Bonchev–Trinajstić information content (AvgIpc) is 2.88. The first-order chi connectivity index (χ1) is 9.28. The highest BCUT2D eigenvalue weighted by molar-refractivity contribution is 5.06. The molecule has 0 aliphatic carbocycles. The molecule has 1 aromatic rings. The van der Waals surface area contributed by atoms with Gasteiger partial charge in [0.15, 0.2) is 0 Å². The van der Waals surface area contributed by atoms with Crippen LogP contribution in [0.5, 0.6) is 0 Å². The predicted octanol–water partition coefficient (Wildman–Crippen LogP) is 3.05. The summed E-state index contributed by atoms with van der Waals surface area (Å²) in [7, 11) is 0. The Hall–Kier alpha value is -0.800. The van der Waals surface area contributed by atoms with Crippen LogP contribution < -0.4 is 5.32 Å². The number of hydrogen-bond acceptors (Lipinski definition) is 3. The van der Waals surface area contributed by atoms with Crippen molar-refractivity contribution in [3.8, 4) is 0 Å². The smallest absolute Gasteiger partial charge is 0.117 e. The van der Waals surface area contributed by atoms with Gasteiger partial charge in [-0.2, -0.15) is 0 Å². The minimum absolute atomic E-state index is 0.858. The van der Waals surface area contributed by atoms with E-state index in [2.05, 4.69) is 36.2 Å². The van der Waals surface area contributed by atoms with Crippen LogP contribution in [0.15, 0.2) is 16.5 Å². The molecule has 1 N–H and O–H groups in total. The summed E-state index contributed by atoms with van der Waals surface area (Å²) in [6.45, 7) is 10.2. The van der Waals surface area contributed by atoms with Crippen molar-refractivity contribution in [1.82, 2.24) is 10.2 Å². The third-order valence-electron chi connectivity index (χ3n) is 4.07. The van der Waals surface area contributed by atoms with Gasteiger partial charge in [-0.15, -0.1) is 0 Å². The molecule has 108 valence electrons. The fraction of sp³-hybridized carbons (Fsp3) is 0.750. The quantitative estimate of drug-likeness (QED) is 0.767. The lowest BCUT2D eigenvalue weighted by molar-refractivity contribution is 0.190. The van der Waals surface area contributed by atoms with Gasteiger partial charge in [0, 0.05) is 6.42 Å². The van der Waals surface area contributed by atoms with E-state index in [1.807, 2.05) is 0 Å². The summed E-state index contributed by atoms with van der Waals surface area (Å²) in [6.07, 6.45) is 4.96. The number of hydrogen-bond donors (Lipinski definition) is 1. The van der Waals surface area contributed by atoms with Crippen LogP contribution in [0.2, 0.25) is 0 Å². The maximum atomic E-state index is 5.67. The molecule has 0 amide bonds. The van der Waals surface area contributed by atoms with Crippen LogP contribution >= 0.6 is 0 Å². The Morgan fingerprint density at radius 1 is 1.26 bits per heavy atom. The van der Waals surface area contributed by atoms with Crippen LogP contribution in [0, 0.1) is 5.92 Å². The fourth-order valence-corrected chi connectivity index (χ4v) is 2.63. The fourth-order valence-electron chi connectivity index (χ4n) is 2.63. The van der Waals surface area contributed by atoms with Crippen molar-refractivity contribution in [2.75, 3.05) is 26.2 Å². The van der Waals surface area contributed by atoms with Gasteiger partial charge in [0.25, 0.3) is 0 Å². The predicted molar refractivity (Wildman–Crippen MR) is 79.2 cm³/mol. The molecule has 0 atom stereocenters. The van der Waals surface area contributed by atoms with Gasteiger partial charge < -0.3 is 14.6 Å². The third-order valence-corrected chi connectivity index (χ3v) is 4.07. The molecular formula is C16H28N2O. The molecule has 3 heteroatoms. The van der Waals surface area contributed by atoms with Crippen LogP contribution in [-0.2, 0) is 13.0 Å². The maximum Gasteiger partial charge on any atom is 0.117 e. The van der Waals surface area contributed by atoms with Crippen LogP contribution in [0.3, 0.4) is 0 Å². The Morgan fingerprint density at radius 2 is 2.00 bits per heavy atom. The molecule has 1 aliphatic heterocycles. The Bertz CT molecular complexity index is 353. The number of furan rings is 1. The SMILES string of the molecule is CCc1ccc(CNCCCN2CCC(C)CC2)o1. The molecule has 0 saturated carbocycles. The second-order valence-electron chi connectivity index (χ2n) is 5.78. The molecule has 1 saturated heterocycles. The molecule has 3 nitrogen and oxygen atoms in total. The molecule has 0 spiro atoms. The number of rotatable bonds is 7. The van der Waals surface area contributed by atoms with E-state index in [1.165, 1.54) is 38.9 Å². The number of nitrogens with zero attached hydrogens (tertiary/aromatic N) is 1. The normalized spacial score (nSPS) is 18.0. The van der Waals surface area contributed by atoms with Crippen molar-refractivity contribution >= 4 is 0 Å². The number of piperidine rings is 1. The van der Waals surface area contributed by atoms with Gasteiger partial charge in [0.1, 0.15) is 11.5 Å². The first kappa shape index (κ1) is 14.6. The zero-order chi connectivity index (χ0) is 13.5. The van der Waals surface area contributed by atoms with Gasteiger partial charge in [-0.1, -0.05) is 13.8 Å². The summed E-state index contributed by atoms with van der Waals surface area (Å²) in [5, 5.41) is 3.47. The zero-order valence-electron chi connectivity index (χ0n) is 12.5. The van der Waals surface area contributed by atoms with Crippen LogP contribution in [0.25, 0.3) is 0 Å². The van der Waals surface area contributed by atoms with Crippen molar-refractivity contribution in [3.63, 3.8) is 0 Å². The average molecular weight is 264 g/mol. The summed E-state index contributed by atoms with van der Waals surface area (Å²) >= 11 is 0. The van der Waals surface area contributed by atoms with Crippen LogP contribution in [0.1, 0.15) is 44.6 Å². The van der Waals surface area contributed by atoms with E-state index >= 15 is 0 Å². The molecule has 0 unspecified atom stereocenters. The Balaban J connectivity index is 1.52. The third kappa shape index (κ3) is 5.00. The Kier molecular flexibility index (Phi) is 5.93. The number of nitrogens with one attached hydrogen (secondary N) is 1. The molecule has 1 aliphatic rings. The van der Waals surface area contributed by atoms with Gasteiger partial charge in [-0.3, -0.25) is 0 Å². The van der Waals surface area contributed by atoms with Gasteiger partial charge in [0.2, 0.25) is 0 Å². The molecular weight excluding hydrogens is 236 g/mol. The zero-order valence-corrected chi connectivity index (χ0v) is 12.5.